The Labute approximate surface area is 165 Å². The maximum Gasteiger partial charge on any atom is 0.236 e. The van der Waals surface area contributed by atoms with Gasteiger partial charge in [0, 0.05) is 37.8 Å². The Hall–Kier alpha value is -2.87. The molecule has 8 nitrogen and oxygen atoms in total. The first-order valence-corrected chi connectivity index (χ1v) is 9.45. The molecule has 8 heteroatoms. The lowest BCUT2D eigenvalue weighted by atomic mass is 10.1. The molecule has 0 spiro atoms. The van der Waals surface area contributed by atoms with Gasteiger partial charge in [0.1, 0.15) is 11.5 Å². The molecule has 1 amide bonds. The Balaban J connectivity index is 1.65. The molecule has 28 heavy (non-hydrogen) atoms. The summed E-state index contributed by atoms with van der Waals surface area (Å²) in [6.07, 6.45) is 0. The maximum absolute atomic E-state index is 12.1. The molecule has 3 rings (SSSR count). The molecule has 1 aliphatic rings. The Morgan fingerprint density at radius 1 is 1.07 bits per heavy atom. The van der Waals surface area contributed by atoms with Gasteiger partial charge in [-0.1, -0.05) is 6.92 Å². The van der Waals surface area contributed by atoms with Crippen molar-refractivity contribution in [3.05, 3.63) is 30.3 Å². The van der Waals surface area contributed by atoms with Gasteiger partial charge in [0.2, 0.25) is 5.91 Å². The van der Waals surface area contributed by atoms with Gasteiger partial charge in [0.15, 0.2) is 5.82 Å². The van der Waals surface area contributed by atoms with Gasteiger partial charge in [0.25, 0.3) is 0 Å². The highest BCUT2D eigenvalue weighted by molar-refractivity contribution is 5.78. The van der Waals surface area contributed by atoms with E-state index in [4.69, 9.17) is 9.47 Å². The van der Waals surface area contributed by atoms with Gasteiger partial charge in [-0.3, -0.25) is 4.79 Å². The third kappa shape index (κ3) is 4.51. The number of methoxy groups -OCH3 is 2. The van der Waals surface area contributed by atoms with Gasteiger partial charge in [0.05, 0.1) is 26.5 Å². The summed E-state index contributed by atoms with van der Waals surface area (Å²) in [5.74, 6) is 2.38. The second-order valence-electron chi connectivity index (χ2n) is 6.49. The minimum Gasteiger partial charge on any atom is -0.497 e. The minimum absolute atomic E-state index is 0.148. The average molecular weight is 385 g/mol. The highest BCUT2D eigenvalue weighted by atomic mass is 16.5. The van der Waals surface area contributed by atoms with Gasteiger partial charge < -0.3 is 24.6 Å². The van der Waals surface area contributed by atoms with Gasteiger partial charge in [-0.15, -0.1) is 10.2 Å². The molecule has 0 unspecified atom stereocenters. The van der Waals surface area contributed by atoms with Crippen LogP contribution in [0.5, 0.6) is 11.5 Å². The number of nitrogens with one attached hydrogen (secondary N) is 1. The normalized spacial score (nSPS) is 14.1. The number of anilines is 1. The number of carbonyl (C=O) groups is 1. The largest absolute Gasteiger partial charge is 0.497 e. The standard InChI is InChI=1S/C20H27N5O3/c1-4-21-14-20(26)25-11-9-24(10-12-25)19-8-7-17(22-23-19)16-6-5-15(27-2)13-18(16)28-3/h5-8,13,21H,4,9-12,14H2,1-3H3. The molecule has 2 heterocycles. The van der Waals surface area contributed by atoms with Crippen LogP contribution in [0, 0.1) is 0 Å². The topological polar surface area (TPSA) is 79.8 Å². The van der Waals surface area contributed by atoms with E-state index in [0.717, 1.165) is 42.5 Å². The number of aromatic nitrogens is 2. The number of amides is 1. The van der Waals surface area contributed by atoms with Crippen molar-refractivity contribution in [3.63, 3.8) is 0 Å². The molecule has 1 fully saturated rings. The third-order valence-corrected chi connectivity index (χ3v) is 4.82. The van der Waals surface area contributed by atoms with Gasteiger partial charge in [-0.2, -0.15) is 0 Å². The maximum atomic E-state index is 12.1. The van der Waals surface area contributed by atoms with E-state index in [-0.39, 0.29) is 5.91 Å². The molecule has 1 aromatic carbocycles. The second kappa shape index (κ2) is 9.36. The van der Waals surface area contributed by atoms with E-state index in [1.165, 1.54) is 0 Å². The minimum atomic E-state index is 0.148. The molecule has 0 atom stereocenters. The Morgan fingerprint density at radius 2 is 1.86 bits per heavy atom. The van der Waals surface area contributed by atoms with Crippen LogP contribution in [0.2, 0.25) is 0 Å². The van der Waals surface area contributed by atoms with Gasteiger partial charge in [-0.05, 0) is 30.8 Å². The first-order valence-electron chi connectivity index (χ1n) is 9.45. The zero-order chi connectivity index (χ0) is 19.9. The molecular weight excluding hydrogens is 358 g/mol. The number of carbonyl (C=O) groups excluding carboxylic acids is 1. The lowest BCUT2D eigenvalue weighted by molar-refractivity contribution is -0.130. The summed E-state index contributed by atoms with van der Waals surface area (Å²) in [5.41, 5.74) is 1.60. The van der Waals surface area contributed by atoms with Crippen LogP contribution in [-0.4, -0.2) is 74.5 Å². The fourth-order valence-electron chi connectivity index (χ4n) is 3.18. The molecular formula is C20H27N5O3. The molecule has 2 aromatic rings. The molecule has 150 valence electrons. The lowest BCUT2D eigenvalue weighted by Crippen LogP contribution is -2.51. The van der Waals surface area contributed by atoms with Crippen molar-refractivity contribution in [2.45, 2.75) is 6.92 Å². The summed E-state index contributed by atoms with van der Waals surface area (Å²) in [4.78, 5) is 16.1. The highest BCUT2D eigenvalue weighted by Crippen LogP contribution is 2.32. The zero-order valence-corrected chi connectivity index (χ0v) is 16.6. The summed E-state index contributed by atoms with van der Waals surface area (Å²) < 4.78 is 10.7. The lowest BCUT2D eigenvalue weighted by Gasteiger charge is -2.35. The van der Waals surface area contributed by atoms with Crippen molar-refractivity contribution in [2.24, 2.45) is 0 Å². The van der Waals surface area contributed by atoms with Crippen LogP contribution in [0.1, 0.15) is 6.92 Å². The summed E-state index contributed by atoms with van der Waals surface area (Å²) in [5, 5.41) is 11.9. The number of ether oxygens (including phenoxy) is 2. The van der Waals surface area contributed by atoms with Crippen molar-refractivity contribution in [3.8, 4) is 22.8 Å². The first kappa shape index (κ1) is 19.9. The fraction of sp³-hybridized carbons (Fsp3) is 0.450. The Kier molecular flexibility index (Phi) is 6.65. The predicted octanol–water partition coefficient (Wildman–Crippen LogP) is 1.42. The zero-order valence-electron chi connectivity index (χ0n) is 16.6. The van der Waals surface area contributed by atoms with Crippen molar-refractivity contribution in [2.75, 3.05) is 58.4 Å². The Morgan fingerprint density at radius 3 is 2.46 bits per heavy atom. The van der Waals surface area contributed by atoms with E-state index in [1.807, 2.05) is 42.2 Å². The fourth-order valence-corrected chi connectivity index (χ4v) is 3.18. The quantitative estimate of drug-likeness (QED) is 0.772. The van der Waals surface area contributed by atoms with E-state index in [1.54, 1.807) is 14.2 Å². The average Bonchev–Trinajstić information content (AvgIpc) is 2.77. The van der Waals surface area contributed by atoms with Crippen LogP contribution >= 0.6 is 0 Å². The first-order chi connectivity index (χ1) is 13.7. The van der Waals surface area contributed by atoms with Crippen molar-refractivity contribution in [1.82, 2.24) is 20.4 Å². The number of rotatable bonds is 7. The molecule has 0 saturated carbocycles. The molecule has 1 aliphatic heterocycles. The number of benzene rings is 1. The summed E-state index contributed by atoms with van der Waals surface area (Å²) in [6, 6.07) is 9.51. The molecule has 1 saturated heterocycles. The molecule has 1 aromatic heterocycles. The van der Waals surface area contributed by atoms with Crippen molar-refractivity contribution >= 4 is 11.7 Å². The van der Waals surface area contributed by atoms with E-state index in [0.29, 0.717) is 25.4 Å². The smallest absolute Gasteiger partial charge is 0.236 e. The number of hydrogen-bond donors (Lipinski definition) is 1. The highest BCUT2D eigenvalue weighted by Gasteiger charge is 2.22. The van der Waals surface area contributed by atoms with Crippen LogP contribution in [0.3, 0.4) is 0 Å². The van der Waals surface area contributed by atoms with Crippen LogP contribution < -0.4 is 19.7 Å². The number of piperazine rings is 1. The van der Waals surface area contributed by atoms with E-state index >= 15 is 0 Å². The molecule has 0 aliphatic carbocycles. The van der Waals surface area contributed by atoms with Crippen LogP contribution in [0.4, 0.5) is 5.82 Å². The SMILES string of the molecule is CCNCC(=O)N1CCN(c2ccc(-c3ccc(OC)cc3OC)nn2)CC1. The van der Waals surface area contributed by atoms with Crippen LogP contribution in [0.25, 0.3) is 11.3 Å². The van der Waals surface area contributed by atoms with E-state index < -0.39 is 0 Å². The molecule has 0 bridgehead atoms. The van der Waals surface area contributed by atoms with E-state index in [2.05, 4.69) is 20.4 Å². The second-order valence-corrected chi connectivity index (χ2v) is 6.49. The monoisotopic (exact) mass is 385 g/mol. The molecule has 0 radical (unpaired) electrons. The summed E-state index contributed by atoms with van der Waals surface area (Å²) in [6.45, 7) is 6.08. The van der Waals surface area contributed by atoms with Gasteiger partial charge in [-0.25, -0.2) is 0 Å². The summed E-state index contributed by atoms with van der Waals surface area (Å²) >= 11 is 0. The van der Waals surface area contributed by atoms with Crippen LogP contribution in [0.15, 0.2) is 30.3 Å². The van der Waals surface area contributed by atoms with Crippen LogP contribution in [-0.2, 0) is 4.79 Å². The summed E-state index contributed by atoms with van der Waals surface area (Å²) in [7, 11) is 3.24. The van der Waals surface area contributed by atoms with E-state index in [9.17, 15) is 4.79 Å². The van der Waals surface area contributed by atoms with Crippen molar-refractivity contribution in [1.29, 1.82) is 0 Å². The van der Waals surface area contributed by atoms with Gasteiger partial charge >= 0.3 is 0 Å². The third-order valence-electron chi connectivity index (χ3n) is 4.82. The predicted molar refractivity (Wildman–Crippen MR) is 108 cm³/mol. The Bertz CT molecular complexity index is 789. The molecule has 1 N–H and O–H groups in total. The van der Waals surface area contributed by atoms with Crippen molar-refractivity contribution < 1.29 is 14.3 Å². The number of nitrogens with zero attached hydrogens (tertiary/aromatic N) is 4. The number of hydrogen-bond acceptors (Lipinski definition) is 7. The number of likely N-dealkylation sites (N-methyl/N-ethyl adjacent to an activating group) is 1.